The number of nitrogens with zero attached hydrogens (tertiary/aromatic N) is 3. The molecule has 19 heavy (non-hydrogen) atoms. The first-order valence-corrected chi connectivity index (χ1v) is 6.98. The SMILES string of the molecule is Cc1nn(C)c(C)c1C(=O)N1CCCCC1CCO. The molecule has 1 aliphatic heterocycles. The summed E-state index contributed by atoms with van der Waals surface area (Å²) in [6.07, 6.45) is 3.85. The first-order chi connectivity index (χ1) is 9.06. The van der Waals surface area contributed by atoms with E-state index in [1.54, 1.807) is 4.68 Å². The van der Waals surface area contributed by atoms with E-state index in [0.29, 0.717) is 6.42 Å². The van der Waals surface area contributed by atoms with E-state index in [1.807, 2.05) is 25.8 Å². The topological polar surface area (TPSA) is 58.4 Å². The van der Waals surface area contributed by atoms with Gasteiger partial charge >= 0.3 is 0 Å². The molecule has 2 heterocycles. The molecule has 5 heteroatoms. The van der Waals surface area contributed by atoms with Crippen LogP contribution in [-0.2, 0) is 7.05 Å². The van der Waals surface area contributed by atoms with Crippen LogP contribution in [-0.4, -0.2) is 44.9 Å². The Bertz CT molecular complexity index is 466. The van der Waals surface area contributed by atoms with E-state index in [-0.39, 0.29) is 18.6 Å². The summed E-state index contributed by atoms with van der Waals surface area (Å²) in [6.45, 7) is 4.74. The van der Waals surface area contributed by atoms with E-state index in [0.717, 1.165) is 42.8 Å². The molecule has 1 amide bonds. The number of piperidine rings is 1. The van der Waals surface area contributed by atoms with Gasteiger partial charge in [0.15, 0.2) is 0 Å². The average molecular weight is 265 g/mol. The largest absolute Gasteiger partial charge is 0.396 e. The minimum atomic E-state index is 0.0706. The van der Waals surface area contributed by atoms with Gasteiger partial charge in [-0.1, -0.05) is 0 Å². The maximum Gasteiger partial charge on any atom is 0.257 e. The number of likely N-dealkylation sites (tertiary alicyclic amines) is 1. The van der Waals surface area contributed by atoms with Crippen LogP contribution >= 0.6 is 0 Å². The second-order valence-electron chi connectivity index (χ2n) is 5.33. The summed E-state index contributed by atoms with van der Waals surface area (Å²) in [4.78, 5) is 14.7. The molecule has 2 rings (SSSR count). The van der Waals surface area contributed by atoms with Gasteiger partial charge in [0.2, 0.25) is 0 Å². The molecule has 1 unspecified atom stereocenters. The van der Waals surface area contributed by atoms with Crippen molar-refractivity contribution in [3.05, 3.63) is 17.0 Å². The number of carbonyl (C=O) groups excluding carboxylic acids is 1. The Hall–Kier alpha value is -1.36. The summed E-state index contributed by atoms with van der Waals surface area (Å²) in [7, 11) is 1.86. The number of hydrogen-bond acceptors (Lipinski definition) is 3. The molecule has 0 aliphatic carbocycles. The minimum Gasteiger partial charge on any atom is -0.396 e. The predicted molar refractivity (Wildman–Crippen MR) is 73.1 cm³/mol. The Morgan fingerprint density at radius 2 is 2.16 bits per heavy atom. The normalized spacial score (nSPS) is 19.8. The lowest BCUT2D eigenvalue weighted by atomic mass is 9.98. The van der Waals surface area contributed by atoms with Gasteiger partial charge in [-0.15, -0.1) is 0 Å². The molecule has 0 aromatic carbocycles. The van der Waals surface area contributed by atoms with Crippen molar-refractivity contribution < 1.29 is 9.90 Å². The van der Waals surface area contributed by atoms with E-state index >= 15 is 0 Å². The maximum atomic E-state index is 12.7. The molecular formula is C14H23N3O2. The van der Waals surface area contributed by atoms with Crippen LogP contribution in [0.1, 0.15) is 47.4 Å². The van der Waals surface area contributed by atoms with Gasteiger partial charge in [0.1, 0.15) is 0 Å². The third kappa shape index (κ3) is 2.66. The van der Waals surface area contributed by atoms with E-state index in [9.17, 15) is 4.79 Å². The van der Waals surface area contributed by atoms with Gasteiger partial charge in [0, 0.05) is 31.9 Å². The summed E-state index contributed by atoms with van der Waals surface area (Å²) in [5, 5.41) is 13.5. The Morgan fingerprint density at radius 1 is 1.42 bits per heavy atom. The van der Waals surface area contributed by atoms with Gasteiger partial charge in [-0.05, 0) is 39.5 Å². The Labute approximate surface area is 114 Å². The Morgan fingerprint density at radius 3 is 2.74 bits per heavy atom. The standard InChI is InChI=1S/C14H23N3O2/c1-10-13(11(2)16(3)15-10)14(19)17-8-5-4-6-12(17)7-9-18/h12,18H,4-9H2,1-3H3. The number of aromatic nitrogens is 2. The van der Waals surface area contributed by atoms with Crippen molar-refractivity contribution in [3.8, 4) is 0 Å². The lowest BCUT2D eigenvalue weighted by Crippen LogP contribution is -2.44. The van der Waals surface area contributed by atoms with Crippen LogP contribution in [0.25, 0.3) is 0 Å². The van der Waals surface area contributed by atoms with E-state index in [4.69, 9.17) is 5.11 Å². The minimum absolute atomic E-state index is 0.0706. The van der Waals surface area contributed by atoms with Gasteiger partial charge in [0.25, 0.3) is 5.91 Å². The van der Waals surface area contributed by atoms with Gasteiger partial charge < -0.3 is 10.0 Å². The zero-order chi connectivity index (χ0) is 14.0. The summed E-state index contributed by atoms with van der Waals surface area (Å²) in [5.74, 6) is 0.0706. The van der Waals surface area contributed by atoms with Crippen molar-refractivity contribution in [2.75, 3.05) is 13.2 Å². The molecule has 1 aliphatic rings. The van der Waals surface area contributed by atoms with Crippen LogP contribution in [0.4, 0.5) is 0 Å². The number of rotatable bonds is 3. The first-order valence-electron chi connectivity index (χ1n) is 6.98. The fraction of sp³-hybridized carbons (Fsp3) is 0.714. The summed E-state index contributed by atoms with van der Waals surface area (Å²) in [5.41, 5.74) is 2.43. The molecule has 0 bridgehead atoms. The number of aryl methyl sites for hydroxylation is 2. The molecule has 1 saturated heterocycles. The van der Waals surface area contributed by atoms with Crippen LogP contribution in [0.3, 0.4) is 0 Å². The third-order valence-electron chi connectivity index (χ3n) is 4.07. The number of aliphatic hydroxyl groups is 1. The molecule has 5 nitrogen and oxygen atoms in total. The Kier molecular flexibility index (Phi) is 4.24. The highest BCUT2D eigenvalue weighted by molar-refractivity contribution is 5.96. The average Bonchev–Trinajstić information content (AvgIpc) is 2.64. The predicted octanol–water partition coefficient (Wildman–Crippen LogP) is 1.41. The van der Waals surface area contributed by atoms with Crippen molar-refractivity contribution in [2.24, 2.45) is 7.05 Å². The van der Waals surface area contributed by atoms with E-state index < -0.39 is 0 Å². The van der Waals surface area contributed by atoms with Crippen molar-refractivity contribution >= 4 is 5.91 Å². The maximum absolute atomic E-state index is 12.7. The number of aliphatic hydroxyl groups excluding tert-OH is 1. The smallest absolute Gasteiger partial charge is 0.257 e. The van der Waals surface area contributed by atoms with Gasteiger partial charge in [-0.2, -0.15) is 5.10 Å². The Balaban J connectivity index is 2.26. The second kappa shape index (κ2) is 5.74. The highest BCUT2D eigenvalue weighted by Gasteiger charge is 2.30. The van der Waals surface area contributed by atoms with E-state index in [2.05, 4.69) is 5.10 Å². The molecule has 0 radical (unpaired) electrons. The van der Waals surface area contributed by atoms with Crippen LogP contribution in [0.5, 0.6) is 0 Å². The number of carbonyl (C=O) groups is 1. The fourth-order valence-electron chi connectivity index (χ4n) is 2.94. The lowest BCUT2D eigenvalue weighted by molar-refractivity contribution is 0.0573. The fourth-order valence-corrected chi connectivity index (χ4v) is 2.94. The first kappa shape index (κ1) is 14.1. The molecule has 1 aromatic rings. The second-order valence-corrected chi connectivity index (χ2v) is 5.33. The molecular weight excluding hydrogens is 242 g/mol. The van der Waals surface area contributed by atoms with E-state index in [1.165, 1.54) is 0 Å². The number of hydrogen-bond donors (Lipinski definition) is 1. The highest BCUT2D eigenvalue weighted by atomic mass is 16.3. The molecule has 1 N–H and O–H groups in total. The molecule has 0 spiro atoms. The van der Waals surface area contributed by atoms with Crippen molar-refractivity contribution in [3.63, 3.8) is 0 Å². The van der Waals surface area contributed by atoms with Crippen molar-refractivity contribution in [1.29, 1.82) is 0 Å². The van der Waals surface area contributed by atoms with Crippen LogP contribution in [0.2, 0.25) is 0 Å². The quantitative estimate of drug-likeness (QED) is 0.899. The monoisotopic (exact) mass is 265 g/mol. The highest BCUT2D eigenvalue weighted by Crippen LogP contribution is 2.24. The third-order valence-corrected chi connectivity index (χ3v) is 4.07. The van der Waals surface area contributed by atoms with Crippen LogP contribution in [0, 0.1) is 13.8 Å². The molecule has 1 atom stereocenters. The van der Waals surface area contributed by atoms with Crippen molar-refractivity contribution in [2.45, 2.75) is 45.6 Å². The number of amides is 1. The molecule has 106 valence electrons. The van der Waals surface area contributed by atoms with Crippen molar-refractivity contribution in [1.82, 2.24) is 14.7 Å². The molecule has 1 fully saturated rings. The zero-order valence-electron chi connectivity index (χ0n) is 12.0. The summed E-state index contributed by atoms with van der Waals surface area (Å²) < 4.78 is 1.76. The van der Waals surface area contributed by atoms with Gasteiger partial charge in [-0.3, -0.25) is 9.48 Å². The molecule has 0 saturated carbocycles. The van der Waals surface area contributed by atoms with Gasteiger partial charge in [-0.25, -0.2) is 0 Å². The van der Waals surface area contributed by atoms with Crippen LogP contribution < -0.4 is 0 Å². The summed E-state index contributed by atoms with van der Waals surface area (Å²) in [6, 6.07) is 0.172. The summed E-state index contributed by atoms with van der Waals surface area (Å²) >= 11 is 0. The lowest BCUT2D eigenvalue weighted by Gasteiger charge is -2.35. The van der Waals surface area contributed by atoms with Crippen LogP contribution in [0.15, 0.2) is 0 Å². The van der Waals surface area contributed by atoms with Gasteiger partial charge in [0.05, 0.1) is 11.3 Å². The molecule has 1 aromatic heterocycles. The zero-order valence-corrected chi connectivity index (χ0v) is 12.0.